The third-order valence-corrected chi connectivity index (χ3v) is 5.46. The van der Waals surface area contributed by atoms with Gasteiger partial charge in [0, 0.05) is 19.0 Å². The van der Waals surface area contributed by atoms with Gasteiger partial charge in [0.25, 0.3) is 0 Å². The Labute approximate surface area is 119 Å². The van der Waals surface area contributed by atoms with Gasteiger partial charge >= 0.3 is 5.97 Å². The maximum absolute atomic E-state index is 12.0. The van der Waals surface area contributed by atoms with E-state index in [1.807, 2.05) is 0 Å². The molecule has 1 aliphatic heterocycles. The molecule has 1 saturated heterocycles. The van der Waals surface area contributed by atoms with Crippen LogP contribution in [0.3, 0.4) is 0 Å². The first-order chi connectivity index (χ1) is 9.24. The Morgan fingerprint density at radius 3 is 2.40 bits per heavy atom. The fourth-order valence-corrected chi connectivity index (χ4v) is 3.77. The maximum Gasteiger partial charge on any atom is 0.329 e. The van der Waals surface area contributed by atoms with Gasteiger partial charge in [-0.3, -0.25) is 4.79 Å². The zero-order valence-electron chi connectivity index (χ0n) is 11.8. The molecule has 1 amide bonds. The van der Waals surface area contributed by atoms with Crippen molar-refractivity contribution >= 4 is 21.7 Å². The van der Waals surface area contributed by atoms with E-state index in [0.29, 0.717) is 6.54 Å². The lowest BCUT2D eigenvalue weighted by Gasteiger charge is -2.30. The van der Waals surface area contributed by atoms with Gasteiger partial charge in [0.2, 0.25) is 5.91 Å². The molecule has 0 aromatic rings. The van der Waals surface area contributed by atoms with Crippen LogP contribution in [-0.2, 0) is 19.4 Å². The summed E-state index contributed by atoms with van der Waals surface area (Å²) in [4.78, 5) is 23.2. The molecular formula is C12H22N2O5S. The Kier molecular flexibility index (Phi) is 5.52. The molecule has 1 aliphatic rings. The van der Waals surface area contributed by atoms with Gasteiger partial charge in [-0.05, 0) is 12.8 Å². The van der Waals surface area contributed by atoms with E-state index in [1.54, 1.807) is 13.8 Å². The van der Waals surface area contributed by atoms with Crippen molar-refractivity contribution in [1.82, 2.24) is 10.6 Å². The Bertz CT molecular complexity index is 470. The van der Waals surface area contributed by atoms with E-state index < -0.39 is 33.3 Å². The second-order valence-electron chi connectivity index (χ2n) is 5.11. The van der Waals surface area contributed by atoms with Crippen LogP contribution < -0.4 is 10.6 Å². The van der Waals surface area contributed by atoms with Crippen LogP contribution in [0.25, 0.3) is 0 Å². The minimum absolute atomic E-state index is 0.0335. The molecule has 20 heavy (non-hydrogen) atoms. The molecule has 1 fully saturated rings. The minimum Gasteiger partial charge on any atom is -0.480 e. The third kappa shape index (κ3) is 4.17. The normalized spacial score (nSPS) is 22.2. The Morgan fingerprint density at radius 1 is 1.35 bits per heavy atom. The first kappa shape index (κ1) is 16.9. The summed E-state index contributed by atoms with van der Waals surface area (Å²) in [7, 11) is -3.11. The highest BCUT2D eigenvalue weighted by Gasteiger charge is 2.37. The van der Waals surface area contributed by atoms with E-state index >= 15 is 0 Å². The van der Waals surface area contributed by atoms with Crippen LogP contribution >= 0.6 is 0 Å². The lowest BCUT2D eigenvalue weighted by molar-refractivity contribution is -0.148. The molecule has 1 heterocycles. The number of nitrogens with one attached hydrogen (secondary N) is 2. The van der Waals surface area contributed by atoms with Crippen LogP contribution in [0.2, 0.25) is 0 Å². The highest BCUT2D eigenvalue weighted by molar-refractivity contribution is 7.91. The third-order valence-electron chi connectivity index (χ3n) is 3.73. The summed E-state index contributed by atoms with van der Waals surface area (Å²) in [5.41, 5.74) is -1.27. The van der Waals surface area contributed by atoms with Crippen molar-refractivity contribution in [2.24, 2.45) is 0 Å². The summed E-state index contributed by atoms with van der Waals surface area (Å²) in [6.45, 7) is 3.72. The molecule has 0 saturated carbocycles. The number of sulfone groups is 1. The zero-order chi connectivity index (χ0) is 15.4. The molecule has 3 N–H and O–H groups in total. The van der Waals surface area contributed by atoms with Crippen LogP contribution in [0.5, 0.6) is 0 Å². The number of rotatable bonds is 6. The second kappa shape index (κ2) is 6.53. The maximum atomic E-state index is 12.0. The number of amides is 1. The molecule has 7 nitrogen and oxygen atoms in total. The number of hydrogen-bond donors (Lipinski definition) is 3. The summed E-state index contributed by atoms with van der Waals surface area (Å²) >= 11 is 0. The van der Waals surface area contributed by atoms with Gasteiger partial charge in [-0.25, -0.2) is 13.2 Å². The number of aliphatic carboxylic acids is 1. The fourth-order valence-electron chi connectivity index (χ4n) is 2.32. The first-order valence-corrected chi connectivity index (χ1v) is 8.55. The van der Waals surface area contributed by atoms with Crippen LogP contribution in [0.4, 0.5) is 0 Å². The minimum atomic E-state index is -3.11. The lowest BCUT2D eigenvalue weighted by atomic mass is 9.92. The monoisotopic (exact) mass is 306 g/mol. The Hall–Kier alpha value is -1.15. The number of carbonyl (C=O) groups excluding carboxylic acids is 1. The van der Waals surface area contributed by atoms with Gasteiger partial charge in [-0.15, -0.1) is 0 Å². The van der Waals surface area contributed by atoms with Crippen molar-refractivity contribution < 1.29 is 23.1 Å². The number of carboxylic acid groups (broad SMARTS) is 1. The van der Waals surface area contributed by atoms with E-state index in [0.717, 1.165) is 0 Å². The van der Waals surface area contributed by atoms with Crippen LogP contribution in [-0.4, -0.2) is 55.0 Å². The average molecular weight is 306 g/mol. The summed E-state index contributed by atoms with van der Waals surface area (Å²) in [6.07, 6.45) is 0.524. The number of carbonyl (C=O) groups is 2. The second-order valence-corrected chi connectivity index (χ2v) is 7.34. The van der Waals surface area contributed by atoms with E-state index in [1.165, 1.54) is 0 Å². The Balaban J connectivity index is 2.65. The molecule has 1 atom stereocenters. The van der Waals surface area contributed by atoms with Gasteiger partial charge in [0.15, 0.2) is 9.84 Å². The van der Waals surface area contributed by atoms with Gasteiger partial charge in [-0.2, -0.15) is 0 Å². The molecule has 8 heteroatoms. The highest BCUT2D eigenvalue weighted by atomic mass is 32.2. The molecular weight excluding hydrogens is 284 g/mol. The highest BCUT2D eigenvalue weighted by Crippen LogP contribution is 2.16. The van der Waals surface area contributed by atoms with Crippen molar-refractivity contribution in [3.05, 3.63) is 0 Å². The van der Waals surface area contributed by atoms with Gasteiger partial charge in [-0.1, -0.05) is 13.8 Å². The predicted octanol–water partition coefficient (Wildman–Crippen LogP) is -0.477. The molecule has 0 radical (unpaired) electrons. The average Bonchev–Trinajstić information content (AvgIpc) is 2.34. The lowest BCUT2D eigenvalue weighted by Crippen LogP contribution is -2.55. The molecule has 0 aliphatic carbocycles. The fraction of sp³-hybridized carbons (Fsp3) is 0.833. The molecule has 0 aromatic carbocycles. The SMILES string of the molecule is CCC(CC)(NC(=O)CC1CS(=O)(=O)CCN1)C(=O)O. The molecule has 0 spiro atoms. The van der Waals surface area contributed by atoms with Crippen molar-refractivity contribution in [2.75, 3.05) is 18.1 Å². The van der Waals surface area contributed by atoms with Crippen LogP contribution in [0.1, 0.15) is 33.1 Å². The van der Waals surface area contributed by atoms with E-state index in [-0.39, 0.29) is 30.8 Å². The molecule has 1 rings (SSSR count). The van der Waals surface area contributed by atoms with Crippen molar-refractivity contribution in [1.29, 1.82) is 0 Å². The summed E-state index contributed by atoms with van der Waals surface area (Å²) < 4.78 is 23.0. The Morgan fingerprint density at radius 2 is 1.95 bits per heavy atom. The largest absolute Gasteiger partial charge is 0.480 e. The molecule has 116 valence electrons. The standard InChI is InChI=1S/C12H22N2O5S/c1-3-12(4-2,11(16)17)14-10(15)7-9-8-20(18,19)6-5-13-9/h9,13H,3-8H2,1-2H3,(H,14,15)(H,16,17). The summed E-state index contributed by atoms with van der Waals surface area (Å²) in [5.74, 6) is -1.52. The predicted molar refractivity (Wildman–Crippen MR) is 74.2 cm³/mol. The first-order valence-electron chi connectivity index (χ1n) is 6.73. The summed E-state index contributed by atoms with van der Waals surface area (Å²) in [5, 5.41) is 14.7. The van der Waals surface area contributed by atoms with Crippen molar-refractivity contribution in [3.63, 3.8) is 0 Å². The molecule has 0 bridgehead atoms. The van der Waals surface area contributed by atoms with Crippen LogP contribution in [0.15, 0.2) is 0 Å². The van der Waals surface area contributed by atoms with E-state index in [4.69, 9.17) is 0 Å². The molecule has 0 aromatic heterocycles. The van der Waals surface area contributed by atoms with E-state index in [2.05, 4.69) is 10.6 Å². The zero-order valence-corrected chi connectivity index (χ0v) is 12.6. The van der Waals surface area contributed by atoms with Crippen LogP contribution in [0, 0.1) is 0 Å². The van der Waals surface area contributed by atoms with E-state index in [9.17, 15) is 23.1 Å². The topological polar surface area (TPSA) is 113 Å². The van der Waals surface area contributed by atoms with Crippen molar-refractivity contribution in [2.45, 2.75) is 44.7 Å². The number of carboxylic acids is 1. The van der Waals surface area contributed by atoms with Crippen molar-refractivity contribution in [3.8, 4) is 0 Å². The quantitative estimate of drug-likeness (QED) is 0.611. The van der Waals surface area contributed by atoms with Gasteiger partial charge in [0.05, 0.1) is 11.5 Å². The van der Waals surface area contributed by atoms with Gasteiger partial charge < -0.3 is 15.7 Å². The summed E-state index contributed by atoms with van der Waals surface area (Å²) in [6, 6.07) is -0.450. The molecule has 1 unspecified atom stereocenters. The number of hydrogen-bond acceptors (Lipinski definition) is 5. The van der Waals surface area contributed by atoms with Gasteiger partial charge in [0.1, 0.15) is 5.54 Å². The smallest absolute Gasteiger partial charge is 0.329 e.